The number of hydrogen-bond donors (Lipinski definition) is 0. The molecule has 0 aliphatic heterocycles. The van der Waals surface area contributed by atoms with Crippen molar-refractivity contribution >= 4 is 6.29 Å². The number of ether oxygens (including phenoxy) is 4. The summed E-state index contributed by atoms with van der Waals surface area (Å²) in [6, 6.07) is 11.0. The van der Waals surface area contributed by atoms with Crippen molar-refractivity contribution in [3.05, 3.63) is 47.5 Å². The molecule has 132 valence electrons. The van der Waals surface area contributed by atoms with Crippen LogP contribution in [0.2, 0.25) is 0 Å². The van der Waals surface area contributed by atoms with Crippen LogP contribution in [0.5, 0.6) is 23.0 Å². The summed E-state index contributed by atoms with van der Waals surface area (Å²) in [5.74, 6) is 3.03. The standard InChI is InChI=1S/C20H22O5/c1-22-17-7-5-15(6-8-17)12-24-18-10-19(23-2)20(9-16(18)11-21)25-13-14-3-4-14/h5-11,14H,3-4,12-13H2,1-2H3. The molecule has 0 atom stereocenters. The van der Waals surface area contributed by atoms with E-state index >= 15 is 0 Å². The molecule has 2 aromatic rings. The molecule has 0 amide bonds. The summed E-state index contributed by atoms with van der Waals surface area (Å²) in [5, 5.41) is 0. The van der Waals surface area contributed by atoms with Gasteiger partial charge in [0, 0.05) is 6.07 Å². The van der Waals surface area contributed by atoms with Crippen LogP contribution in [-0.4, -0.2) is 27.1 Å². The van der Waals surface area contributed by atoms with E-state index in [0.717, 1.165) is 17.6 Å². The third kappa shape index (κ3) is 4.44. The van der Waals surface area contributed by atoms with E-state index in [1.807, 2.05) is 24.3 Å². The second-order valence-corrected chi connectivity index (χ2v) is 6.05. The third-order valence-corrected chi connectivity index (χ3v) is 4.15. The van der Waals surface area contributed by atoms with Crippen molar-refractivity contribution in [3.63, 3.8) is 0 Å². The van der Waals surface area contributed by atoms with Gasteiger partial charge in [-0.25, -0.2) is 0 Å². The Kier molecular flexibility index (Phi) is 5.43. The van der Waals surface area contributed by atoms with Crippen LogP contribution in [0, 0.1) is 5.92 Å². The molecule has 3 rings (SSSR count). The first-order chi connectivity index (χ1) is 12.2. The van der Waals surface area contributed by atoms with E-state index in [-0.39, 0.29) is 0 Å². The number of benzene rings is 2. The van der Waals surface area contributed by atoms with E-state index in [1.54, 1.807) is 26.4 Å². The molecule has 25 heavy (non-hydrogen) atoms. The molecule has 0 heterocycles. The fourth-order valence-electron chi connectivity index (χ4n) is 2.42. The van der Waals surface area contributed by atoms with Gasteiger partial charge >= 0.3 is 0 Å². The minimum absolute atomic E-state index is 0.344. The number of carbonyl (C=O) groups excluding carboxylic acids is 1. The maximum absolute atomic E-state index is 11.4. The first kappa shape index (κ1) is 17.1. The van der Waals surface area contributed by atoms with Crippen molar-refractivity contribution in [3.8, 4) is 23.0 Å². The lowest BCUT2D eigenvalue weighted by Gasteiger charge is -2.15. The van der Waals surface area contributed by atoms with E-state index in [2.05, 4.69) is 0 Å². The van der Waals surface area contributed by atoms with E-state index < -0.39 is 0 Å². The van der Waals surface area contributed by atoms with Crippen molar-refractivity contribution in [2.45, 2.75) is 19.4 Å². The molecule has 0 unspecified atom stereocenters. The van der Waals surface area contributed by atoms with Gasteiger partial charge in [-0.15, -0.1) is 0 Å². The van der Waals surface area contributed by atoms with Gasteiger partial charge in [-0.2, -0.15) is 0 Å². The smallest absolute Gasteiger partial charge is 0.164 e. The van der Waals surface area contributed by atoms with Gasteiger partial charge < -0.3 is 18.9 Å². The van der Waals surface area contributed by atoms with Crippen LogP contribution in [0.3, 0.4) is 0 Å². The Balaban J connectivity index is 1.73. The van der Waals surface area contributed by atoms with Crippen LogP contribution in [0.4, 0.5) is 0 Å². The van der Waals surface area contributed by atoms with Gasteiger partial charge in [-0.05, 0) is 42.5 Å². The predicted octanol–water partition coefficient (Wildman–Crippen LogP) is 3.88. The minimum atomic E-state index is 0.344. The average molecular weight is 342 g/mol. The third-order valence-electron chi connectivity index (χ3n) is 4.15. The molecule has 1 aliphatic rings. The summed E-state index contributed by atoms with van der Waals surface area (Å²) in [5.41, 5.74) is 1.42. The molecule has 1 fully saturated rings. The molecule has 5 nitrogen and oxygen atoms in total. The second-order valence-electron chi connectivity index (χ2n) is 6.05. The first-order valence-electron chi connectivity index (χ1n) is 8.29. The van der Waals surface area contributed by atoms with Crippen LogP contribution in [0.25, 0.3) is 0 Å². The van der Waals surface area contributed by atoms with Gasteiger partial charge in [-0.3, -0.25) is 4.79 Å². The maximum atomic E-state index is 11.4. The summed E-state index contributed by atoms with van der Waals surface area (Å²) < 4.78 is 22.1. The fraction of sp³-hybridized carbons (Fsp3) is 0.350. The first-order valence-corrected chi connectivity index (χ1v) is 8.29. The second kappa shape index (κ2) is 7.92. The lowest BCUT2D eigenvalue weighted by atomic mass is 10.2. The molecular weight excluding hydrogens is 320 g/mol. The predicted molar refractivity (Wildman–Crippen MR) is 93.9 cm³/mol. The number of carbonyl (C=O) groups is 1. The highest BCUT2D eigenvalue weighted by Crippen LogP contribution is 2.37. The summed E-state index contributed by atoms with van der Waals surface area (Å²) >= 11 is 0. The molecular formula is C20H22O5. The zero-order chi connectivity index (χ0) is 17.6. The SMILES string of the molecule is COc1ccc(COc2cc(OC)c(OCC3CC3)cc2C=O)cc1. The quantitative estimate of drug-likeness (QED) is 0.647. The minimum Gasteiger partial charge on any atom is -0.497 e. The van der Waals surface area contributed by atoms with Gasteiger partial charge in [0.2, 0.25) is 0 Å². The number of aldehydes is 1. The monoisotopic (exact) mass is 342 g/mol. The Bertz CT molecular complexity index is 720. The van der Waals surface area contributed by atoms with Crippen molar-refractivity contribution in [2.75, 3.05) is 20.8 Å². The molecule has 0 bridgehead atoms. The fourth-order valence-corrected chi connectivity index (χ4v) is 2.42. The molecule has 2 aromatic carbocycles. The highest BCUT2D eigenvalue weighted by atomic mass is 16.5. The molecule has 0 N–H and O–H groups in total. The summed E-state index contributed by atoms with van der Waals surface area (Å²) in [6.07, 6.45) is 3.17. The van der Waals surface area contributed by atoms with Gasteiger partial charge in [0.15, 0.2) is 17.8 Å². The number of rotatable bonds is 9. The Hall–Kier alpha value is -2.69. The van der Waals surface area contributed by atoms with Gasteiger partial charge in [0.1, 0.15) is 18.1 Å². The maximum Gasteiger partial charge on any atom is 0.164 e. The largest absolute Gasteiger partial charge is 0.497 e. The van der Waals surface area contributed by atoms with Crippen LogP contribution in [0.15, 0.2) is 36.4 Å². The van der Waals surface area contributed by atoms with E-state index in [1.165, 1.54) is 12.8 Å². The Morgan fingerprint density at radius 2 is 1.72 bits per heavy atom. The topological polar surface area (TPSA) is 54.0 Å². The van der Waals surface area contributed by atoms with Crippen molar-refractivity contribution in [2.24, 2.45) is 5.92 Å². The van der Waals surface area contributed by atoms with Crippen LogP contribution in [-0.2, 0) is 6.61 Å². The molecule has 1 aliphatic carbocycles. The normalized spacial score (nSPS) is 13.2. The van der Waals surface area contributed by atoms with Crippen LogP contribution in [0.1, 0.15) is 28.8 Å². The molecule has 0 aromatic heterocycles. The zero-order valence-electron chi connectivity index (χ0n) is 14.5. The highest BCUT2D eigenvalue weighted by molar-refractivity contribution is 5.81. The average Bonchev–Trinajstić information content (AvgIpc) is 3.49. The van der Waals surface area contributed by atoms with E-state index in [0.29, 0.717) is 41.9 Å². The summed E-state index contributed by atoms with van der Waals surface area (Å²) in [4.78, 5) is 11.4. The molecule has 0 radical (unpaired) electrons. The van der Waals surface area contributed by atoms with Crippen LogP contribution < -0.4 is 18.9 Å². The summed E-state index contributed by atoms with van der Waals surface area (Å²) in [6.45, 7) is 0.997. The molecule has 5 heteroatoms. The van der Waals surface area contributed by atoms with Gasteiger partial charge in [-0.1, -0.05) is 12.1 Å². The number of hydrogen-bond acceptors (Lipinski definition) is 5. The Morgan fingerprint density at radius 1 is 0.960 bits per heavy atom. The lowest BCUT2D eigenvalue weighted by molar-refractivity contribution is 0.111. The van der Waals surface area contributed by atoms with Gasteiger partial charge in [0.25, 0.3) is 0 Å². The zero-order valence-corrected chi connectivity index (χ0v) is 14.5. The Labute approximate surface area is 147 Å². The lowest BCUT2D eigenvalue weighted by Crippen LogP contribution is -2.04. The van der Waals surface area contributed by atoms with Crippen molar-refractivity contribution in [1.82, 2.24) is 0 Å². The van der Waals surface area contributed by atoms with Crippen molar-refractivity contribution in [1.29, 1.82) is 0 Å². The Morgan fingerprint density at radius 3 is 2.32 bits per heavy atom. The van der Waals surface area contributed by atoms with E-state index in [4.69, 9.17) is 18.9 Å². The number of methoxy groups -OCH3 is 2. The molecule has 0 spiro atoms. The molecule has 0 saturated heterocycles. The van der Waals surface area contributed by atoms with E-state index in [9.17, 15) is 4.79 Å². The van der Waals surface area contributed by atoms with Crippen molar-refractivity contribution < 1.29 is 23.7 Å². The van der Waals surface area contributed by atoms with Gasteiger partial charge in [0.05, 0.1) is 26.4 Å². The van der Waals surface area contributed by atoms with Crippen LogP contribution >= 0.6 is 0 Å². The summed E-state index contributed by atoms with van der Waals surface area (Å²) in [7, 11) is 3.20. The molecule has 1 saturated carbocycles. The highest BCUT2D eigenvalue weighted by Gasteiger charge is 2.23.